The van der Waals surface area contributed by atoms with Gasteiger partial charge in [0.05, 0.1) is 18.3 Å². The lowest BCUT2D eigenvalue weighted by Crippen LogP contribution is -2.40. The molecule has 16 heavy (non-hydrogen) atoms. The molecule has 2 heterocycles. The molecule has 1 saturated heterocycles. The Kier molecular flexibility index (Phi) is 3.74. The minimum atomic E-state index is -0.0424. The molecule has 1 aromatic heterocycles. The fraction of sp³-hybridized carbons (Fsp3) is 0.455. The van der Waals surface area contributed by atoms with E-state index in [9.17, 15) is 4.79 Å². The van der Waals surface area contributed by atoms with Crippen molar-refractivity contribution in [3.05, 3.63) is 29.0 Å². The molecular formula is C11H14ClN3O. The van der Waals surface area contributed by atoms with E-state index < -0.39 is 0 Å². The molecule has 4 nitrogen and oxygen atoms in total. The molecule has 1 aromatic rings. The molecule has 86 valence electrons. The van der Waals surface area contributed by atoms with E-state index in [1.165, 1.54) is 0 Å². The molecule has 2 rings (SSSR count). The van der Waals surface area contributed by atoms with Crippen LogP contribution in [-0.2, 0) is 11.3 Å². The highest BCUT2D eigenvalue weighted by Crippen LogP contribution is 2.08. The monoisotopic (exact) mass is 239 g/mol. The van der Waals surface area contributed by atoms with Crippen LogP contribution in [0.4, 0.5) is 0 Å². The maximum Gasteiger partial charge on any atom is 0.237 e. The SMILES string of the molecule is O=C(NCc1cc(Cl)ccn1)C1CCCN1. The van der Waals surface area contributed by atoms with Gasteiger partial charge in [-0.3, -0.25) is 9.78 Å². The summed E-state index contributed by atoms with van der Waals surface area (Å²) in [5.41, 5.74) is 0.777. The van der Waals surface area contributed by atoms with E-state index in [1.54, 1.807) is 18.3 Å². The molecule has 1 amide bonds. The van der Waals surface area contributed by atoms with Crippen LogP contribution in [-0.4, -0.2) is 23.5 Å². The van der Waals surface area contributed by atoms with Gasteiger partial charge in [-0.15, -0.1) is 0 Å². The van der Waals surface area contributed by atoms with Crippen molar-refractivity contribution < 1.29 is 4.79 Å². The van der Waals surface area contributed by atoms with Crippen LogP contribution >= 0.6 is 11.6 Å². The van der Waals surface area contributed by atoms with Crippen LogP contribution in [0.2, 0.25) is 5.02 Å². The van der Waals surface area contributed by atoms with Gasteiger partial charge in [0.2, 0.25) is 5.91 Å². The molecule has 0 radical (unpaired) electrons. The molecule has 0 bridgehead atoms. The number of halogens is 1. The lowest BCUT2D eigenvalue weighted by atomic mass is 10.2. The maximum atomic E-state index is 11.7. The van der Waals surface area contributed by atoms with Crippen molar-refractivity contribution in [2.45, 2.75) is 25.4 Å². The second-order valence-electron chi connectivity index (χ2n) is 3.83. The standard InChI is InChI=1S/C11H14ClN3O/c12-8-3-5-13-9(6-8)7-15-11(16)10-2-1-4-14-10/h3,5-6,10,14H,1-2,4,7H2,(H,15,16). The predicted octanol–water partition coefficient (Wildman–Crippen LogP) is 1.10. The van der Waals surface area contributed by atoms with Gasteiger partial charge < -0.3 is 10.6 Å². The van der Waals surface area contributed by atoms with Gasteiger partial charge in [-0.05, 0) is 31.5 Å². The number of hydrogen-bond acceptors (Lipinski definition) is 3. The van der Waals surface area contributed by atoms with Crippen molar-refractivity contribution in [3.63, 3.8) is 0 Å². The highest BCUT2D eigenvalue weighted by atomic mass is 35.5. The molecule has 2 N–H and O–H groups in total. The average Bonchev–Trinajstić information content (AvgIpc) is 2.79. The lowest BCUT2D eigenvalue weighted by Gasteiger charge is -2.10. The lowest BCUT2D eigenvalue weighted by molar-refractivity contribution is -0.122. The largest absolute Gasteiger partial charge is 0.349 e. The van der Waals surface area contributed by atoms with Gasteiger partial charge in [0.25, 0.3) is 0 Å². The Morgan fingerprint density at radius 2 is 2.56 bits per heavy atom. The number of nitrogens with one attached hydrogen (secondary N) is 2. The average molecular weight is 240 g/mol. The Morgan fingerprint density at radius 3 is 3.25 bits per heavy atom. The topological polar surface area (TPSA) is 54.0 Å². The second-order valence-corrected chi connectivity index (χ2v) is 4.27. The summed E-state index contributed by atoms with van der Waals surface area (Å²) in [6, 6.07) is 3.43. The summed E-state index contributed by atoms with van der Waals surface area (Å²) in [5, 5.41) is 6.63. The Hall–Kier alpha value is -1.13. The fourth-order valence-electron chi connectivity index (χ4n) is 1.75. The summed E-state index contributed by atoms with van der Waals surface area (Å²) in [6.45, 7) is 1.35. The van der Waals surface area contributed by atoms with Crippen LogP contribution in [0.25, 0.3) is 0 Å². The number of amides is 1. The van der Waals surface area contributed by atoms with Crippen molar-refractivity contribution in [2.75, 3.05) is 6.54 Å². The minimum absolute atomic E-state index is 0.0410. The summed E-state index contributed by atoms with van der Waals surface area (Å²) in [4.78, 5) is 15.8. The maximum absolute atomic E-state index is 11.7. The molecule has 0 spiro atoms. The molecule has 5 heteroatoms. The van der Waals surface area contributed by atoms with Gasteiger partial charge in [0.1, 0.15) is 0 Å². The zero-order valence-corrected chi connectivity index (χ0v) is 9.63. The van der Waals surface area contributed by atoms with Gasteiger partial charge >= 0.3 is 0 Å². The minimum Gasteiger partial charge on any atom is -0.349 e. The molecule has 0 saturated carbocycles. The molecule has 1 aliphatic rings. The predicted molar refractivity (Wildman–Crippen MR) is 62.1 cm³/mol. The Morgan fingerprint density at radius 1 is 1.69 bits per heavy atom. The van der Waals surface area contributed by atoms with Crippen LogP contribution in [0.3, 0.4) is 0 Å². The normalized spacial score (nSPS) is 19.7. The summed E-state index contributed by atoms with van der Waals surface area (Å²) < 4.78 is 0. The zero-order valence-electron chi connectivity index (χ0n) is 8.87. The number of pyridine rings is 1. The number of carbonyl (C=O) groups is 1. The first-order valence-electron chi connectivity index (χ1n) is 5.37. The Labute approximate surface area is 99.4 Å². The molecule has 1 atom stereocenters. The summed E-state index contributed by atoms with van der Waals surface area (Å²) in [6.07, 6.45) is 3.61. The number of nitrogens with zero attached hydrogens (tertiary/aromatic N) is 1. The van der Waals surface area contributed by atoms with E-state index in [0.717, 1.165) is 25.1 Å². The molecular weight excluding hydrogens is 226 g/mol. The zero-order chi connectivity index (χ0) is 11.4. The van der Waals surface area contributed by atoms with E-state index >= 15 is 0 Å². The van der Waals surface area contributed by atoms with Crippen molar-refractivity contribution in [2.24, 2.45) is 0 Å². The van der Waals surface area contributed by atoms with E-state index in [0.29, 0.717) is 11.6 Å². The first kappa shape index (κ1) is 11.4. The third-order valence-corrected chi connectivity index (χ3v) is 2.83. The number of carbonyl (C=O) groups excluding carboxylic acids is 1. The first-order chi connectivity index (χ1) is 7.75. The van der Waals surface area contributed by atoms with Crippen molar-refractivity contribution >= 4 is 17.5 Å². The molecule has 1 unspecified atom stereocenters. The number of hydrogen-bond donors (Lipinski definition) is 2. The van der Waals surface area contributed by atoms with Crippen molar-refractivity contribution in [3.8, 4) is 0 Å². The molecule has 0 aliphatic carbocycles. The van der Waals surface area contributed by atoms with E-state index in [2.05, 4.69) is 15.6 Å². The van der Waals surface area contributed by atoms with Gasteiger partial charge in [0.15, 0.2) is 0 Å². The van der Waals surface area contributed by atoms with Crippen LogP contribution in [0.1, 0.15) is 18.5 Å². The third-order valence-electron chi connectivity index (χ3n) is 2.60. The third kappa shape index (κ3) is 2.93. The molecule has 1 aliphatic heterocycles. The van der Waals surface area contributed by atoms with E-state index in [-0.39, 0.29) is 11.9 Å². The summed E-state index contributed by atoms with van der Waals surface area (Å²) >= 11 is 5.82. The van der Waals surface area contributed by atoms with Gasteiger partial charge in [-0.1, -0.05) is 11.6 Å². The first-order valence-corrected chi connectivity index (χ1v) is 5.75. The molecule has 0 aromatic carbocycles. The van der Waals surface area contributed by atoms with Crippen LogP contribution in [0, 0.1) is 0 Å². The van der Waals surface area contributed by atoms with Crippen LogP contribution < -0.4 is 10.6 Å². The molecule has 1 fully saturated rings. The number of aromatic nitrogens is 1. The highest BCUT2D eigenvalue weighted by Gasteiger charge is 2.21. The second kappa shape index (κ2) is 5.27. The van der Waals surface area contributed by atoms with Crippen molar-refractivity contribution in [1.29, 1.82) is 0 Å². The van der Waals surface area contributed by atoms with E-state index in [4.69, 9.17) is 11.6 Å². The van der Waals surface area contributed by atoms with E-state index in [1.807, 2.05) is 0 Å². The highest BCUT2D eigenvalue weighted by molar-refractivity contribution is 6.30. The van der Waals surface area contributed by atoms with Gasteiger partial charge in [-0.25, -0.2) is 0 Å². The van der Waals surface area contributed by atoms with Crippen LogP contribution in [0.15, 0.2) is 18.3 Å². The fourth-order valence-corrected chi connectivity index (χ4v) is 1.94. The van der Waals surface area contributed by atoms with Gasteiger partial charge in [-0.2, -0.15) is 0 Å². The quantitative estimate of drug-likeness (QED) is 0.831. The van der Waals surface area contributed by atoms with Gasteiger partial charge in [0, 0.05) is 11.2 Å². The van der Waals surface area contributed by atoms with Crippen LogP contribution in [0.5, 0.6) is 0 Å². The Bertz CT molecular complexity index is 377. The Balaban J connectivity index is 1.84. The summed E-state index contributed by atoms with van der Waals surface area (Å²) in [5.74, 6) is 0.0410. The smallest absolute Gasteiger partial charge is 0.237 e. The number of rotatable bonds is 3. The summed E-state index contributed by atoms with van der Waals surface area (Å²) in [7, 11) is 0. The van der Waals surface area contributed by atoms with Crippen molar-refractivity contribution in [1.82, 2.24) is 15.6 Å².